The molecule has 0 bridgehead atoms. The molecule has 1 fully saturated rings. The van der Waals surface area contributed by atoms with Crippen LogP contribution in [0, 0.1) is 6.92 Å². The fourth-order valence-electron chi connectivity index (χ4n) is 2.66. The largest absolute Gasteiger partial charge is 0.496 e. The molecule has 1 amide bonds. The van der Waals surface area contributed by atoms with Gasteiger partial charge in [-0.25, -0.2) is 4.79 Å². The molecular weight excluding hydrogens is 298 g/mol. The Morgan fingerprint density at radius 1 is 1.26 bits per heavy atom. The number of hydrogen-bond donors (Lipinski definition) is 0. The van der Waals surface area contributed by atoms with Gasteiger partial charge < -0.3 is 19.1 Å². The van der Waals surface area contributed by atoms with Gasteiger partial charge >= 0.3 is 5.97 Å². The minimum atomic E-state index is -0.562. The zero-order valence-electron chi connectivity index (χ0n) is 14.0. The minimum absolute atomic E-state index is 0.0183. The fraction of sp³-hybridized carbons (Fsp3) is 0.529. The van der Waals surface area contributed by atoms with E-state index in [1.54, 1.807) is 17.0 Å². The van der Waals surface area contributed by atoms with Crippen LogP contribution in [0.1, 0.15) is 29.8 Å². The molecule has 1 aromatic rings. The van der Waals surface area contributed by atoms with E-state index in [9.17, 15) is 9.59 Å². The molecule has 0 spiro atoms. The van der Waals surface area contributed by atoms with Crippen LogP contribution in [0.2, 0.25) is 0 Å². The average molecular weight is 321 g/mol. The predicted octanol–water partition coefficient (Wildman–Crippen LogP) is 1.80. The number of ether oxygens (including phenoxy) is 3. The Morgan fingerprint density at radius 2 is 1.91 bits per heavy atom. The number of carbonyl (C=O) groups excluding carboxylic acids is 2. The molecule has 0 aromatic heterocycles. The summed E-state index contributed by atoms with van der Waals surface area (Å²) >= 11 is 0. The molecule has 6 heteroatoms. The van der Waals surface area contributed by atoms with E-state index in [1.165, 1.54) is 7.11 Å². The van der Waals surface area contributed by atoms with Crippen molar-refractivity contribution in [2.75, 3.05) is 26.8 Å². The van der Waals surface area contributed by atoms with Crippen molar-refractivity contribution in [3.8, 4) is 5.75 Å². The third kappa shape index (κ3) is 4.45. The van der Waals surface area contributed by atoms with Gasteiger partial charge in [-0.1, -0.05) is 11.6 Å². The van der Waals surface area contributed by atoms with Crippen LogP contribution in [-0.4, -0.2) is 55.8 Å². The van der Waals surface area contributed by atoms with Gasteiger partial charge in [0.1, 0.15) is 11.3 Å². The number of nitrogens with zero attached hydrogens (tertiary/aromatic N) is 1. The van der Waals surface area contributed by atoms with Crippen LogP contribution in [-0.2, 0) is 14.3 Å². The molecule has 2 rings (SSSR count). The summed E-state index contributed by atoms with van der Waals surface area (Å²) in [5.74, 6) is -0.345. The summed E-state index contributed by atoms with van der Waals surface area (Å²) in [6, 6.07) is 5.24. The molecule has 2 atom stereocenters. The summed E-state index contributed by atoms with van der Waals surface area (Å²) in [5, 5.41) is 0. The number of aryl methyl sites for hydroxylation is 1. The third-order valence-corrected chi connectivity index (χ3v) is 3.67. The number of methoxy groups -OCH3 is 1. The number of amides is 1. The zero-order valence-corrected chi connectivity index (χ0v) is 14.0. The van der Waals surface area contributed by atoms with E-state index in [1.807, 2.05) is 26.8 Å². The Bertz CT molecular complexity index is 576. The van der Waals surface area contributed by atoms with Crippen LogP contribution in [0.25, 0.3) is 0 Å². The maximum absolute atomic E-state index is 12.2. The van der Waals surface area contributed by atoms with Gasteiger partial charge in [-0.15, -0.1) is 0 Å². The first-order valence-corrected chi connectivity index (χ1v) is 7.65. The molecule has 0 radical (unpaired) electrons. The van der Waals surface area contributed by atoms with Crippen molar-refractivity contribution in [2.45, 2.75) is 33.0 Å². The molecule has 1 aliphatic rings. The first kappa shape index (κ1) is 17.3. The number of morpholine rings is 1. The summed E-state index contributed by atoms with van der Waals surface area (Å²) in [4.78, 5) is 26.1. The highest BCUT2D eigenvalue weighted by Gasteiger charge is 2.26. The summed E-state index contributed by atoms with van der Waals surface area (Å²) in [6.07, 6.45) is -0.0365. The quantitative estimate of drug-likeness (QED) is 0.791. The Kier molecular flexibility index (Phi) is 5.60. The lowest BCUT2D eigenvalue weighted by Crippen LogP contribution is -2.49. The van der Waals surface area contributed by atoms with Gasteiger partial charge in [0.25, 0.3) is 5.91 Å². The van der Waals surface area contributed by atoms with E-state index < -0.39 is 5.97 Å². The lowest BCUT2D eigenvalue weighted by molar-refractivity contribution is -0.146. The van der Waals surface area contributed by atoms with Crippen molar-refractivity contribution >= 4 is 11.9 Å². The van der Waals surface area contributed by atoms with Gasteiger partial charge in [0.05, 0.1) is 19.3 Å². The van der Waals surface area contributed by atoms with Crippen molar-refractivity contribution in [1.29, 1.82) is 0 Å². The van der Waals surface area contributed by atoms with Crippen molar-refractivity contribution in [3.63, 3.8) is 0 Å². The second kappa shape index (κ2) is 7.46. The number of carbonyl (C=O) groups is 2. The molecule has 1 aromatic carbocycles. The summed E-state index contributed by atoms with van der Waals surface area (Å²) in [6.45, 7) is 6.44. The zero-order chi connectivity index (χ0) is 17.0. The topological polar surface area (TPSA) is 65.1 Å². The SMILES string of the molecule is COc1ccc(C)cc1C(=O)OCC(=O)N1C[C@H](C)O[C@@H](C)C1. The Balaban J connectivity index is 1.96. The van der Waals surface area contributed by atoms with Crippen LogP contribution < -0.4 is 4.74 Å². The predicted molar refractivity (Wildman–Crippen MR) is 84.6 cm³/mol. The second-order valence-electron chi connectivity index (χ2n) is 5.84. The van der Waals surface area contributed by atoms with Crippen molar-refractivity contribution in [3.05, 3.63) is 29.3 Å². The monoisotopic (exact) mass is 321 g/mol. The first-order valence-electron chi connectivity index (χ1n) is 7.65. The van der Waals surface area contributed by atoms with Crippen LogP contribution in [0.3, 0.4) is 0 Å². The number of hydrogen-bond acceptors (Lipinski definition) is 5. The van der Waals surface area contributed by atoms with E-state index in [0.29, 0.717) is 24.4 Å². The Morgan fingerprint density at radius 3 is 2.52 bits per heavy atom. The molecule has 0 saturated carbocycles. The van der Waals surface area contributed by atoms with Crippen LogP contribution in [0.5, 0.6) is 5.75 Å². The number of rotatable bonds is 4. The van der Waals surface area contributed by atoms with Crippen LogP contribution in [0.4, 0.5) is 0 Å². The van der Waals surface area contributed by atoms with Crippen molar-refractivity contribution < 1.29 is 23.8 Å². The summed E-state index contributed by atoms with van der Waals surface area (Å²) < 4.78 is 15.9. The van der Waals surface area contributed by atoms with Gasteiger partial charge in [0.15, 0.2) is 6.61 Å². The minimum Gasteiger partial charge on any atom is -0.496 e. The van der Waals surface area contributed by atoms with Crippen molar-refractivity contribution in [1.82, 2.24) is 4.90 Å². The highest BCUT2D eigenvalue weighted by atomic mass is 16.5. The van der Waals surface area contributed by atoms with E-state index in [2.05, 4.69) is 0 Å². The molecular formula is C17H23NO5. The average Bonchev–Trinajstić information content (AvgIpc) is 2.51. The third-order valence-electron chi connectivity index (χ3n) is 3.67. The maximum atomic E-state index is 12.2. The molecule has 0 aliphatic carbocycles. The van der Waals surface area contributed by atoms with Crippen molar-refractivity contribution in [2.24, 2.45) is 0 Å². The maximum Gasteiger partial charge on any atom is 0.342 e. The Hall–Kier alpha value is -2.08. The number of esters is 1. The number of benzene rings is 1. The highest BCUT2D eigenvalue weighted by molar-refractivity contribution is 5.94. The lowest BCUT2D eigenvalue weighted by atomic mass is 10.1. The van der Waals surface area contributed by atoms with E-state index in [-0.39, 0.29) is 24.7 Å². The van der Waals surface area contributed by atoms with Gasteiger partial charge in [-0.05, 0) is 32.9 Å². The molecule has 0 N–H and O–H groups in total. The van der Waals surface area contributed by atoms with Crippen LogP contribution in [0.15, 0.2) is 18.2 Å². The standard InChI is InChI=1S/C17H23NO5/c1-11-5-6-15(21-4)14(7-11)17(20)22-10-16(19)18-8-12(2)23-13(3)9-18/h5-7,12-13H,8-10H2,1-4H3/t12-,13-/m0/s1. The normalized spacial score (nSPS) is 21.0. The molecule has 0 unspecified atom stereocenters. The van der Waals surface area contributed by atoms with Gasteiger partial charge in [-0.3, -0.25) is 4.79 Å². The molecule has 6 nitrogen and oxygen atoms in total. The lowest BCUT2D eigenvalue weighted by Gasteiger charge is -2.35. The smallest absolute Gasteiger partial charge is 0.342 e. The molecule has 23 heavy (non-hydrogen) atoms. The fourth-order valence-corrected chi connectivity index (χ4v) is 2.66. The first-order chi connectivity index (χ1) is 10.9. The van der Waals surface area contributed by atoms with Crippen LogP contribution >= 0.6 is 0 Å². The van der Waals surface area contributed by atoms with E-state index in [0.717, 1.165) is 5.56 Å². The van der Waals surface area contributed by atoms with Gasteiger partial charge in [-0.2, -0.15) is 0 Å². The summed E-state index contributed by atoms with van der Waals surface area (Å²) in [5.41, 5.74) is 1.24. The van der Waals surface area contributed by atoms with Gasteiger partial charge in [0, 0.05) is 13.1 Å². The van der Waals surface area contributed by atoms with Gasteiger partial charge in [0.2, 0.25) is 0 Å². The summed E-state index contributed by atoms with van der Waals surface area (Å²) in [7, 11) is 1.49. The Labute approximate surface area is 136 Å². The molecule has 1 heterocycles. The second-order valence-corrected chi connectivity index (χ2v) is 5.84. The van der Waals surface area contributed by atoms with E-state index in [4.69, 9.17) is 14.2 Å². The molecule has 1 aliphatic heterocycles. The highest BCUT2D eigenvalue weighted by Crippen LogP contribution is 2.20. The molecule has 1 saturated heterocycles. The van der Waals surface area contributed by atoms with E-state index >= 15 is 0 Å². The molecule has 126 valence electrons.